The van der Waals surface area contributed by atoms with Gasteiger partial charge in [-0.15, -0.1) is 0 Å². The molecular formula is C12H14F2O2. The molecule has 0 spiro atoms. The lowest BCUT2D eigenvalue weighted by Crippen LogP contribution is -2.16. The zero-order chi connectivity index (χ0) is 12.0. The average Bonchev–Trinajstić information content (AvgIpc) is 2.24. The fourth-order valence-corrected chi connectivity index (χ4v) is 1.58. The maximum atomic E-state index is 12.9. The standard InChI is InChI=1S/C12H14F2O2/c13-6-2-4-10(12(15)16)7-9-3-1-5-11(14)8-9/h1,3,5,8,10H,2,4,6-7H2,(H,15,16). The van der Waals surface area contributed by atoms with Crippen LogP contribution in [0.5, 0.6) is 0 Å². The minimum atomic E-state index is -0.960. The number of halogens is 2. The highest BCUT2D eigenvalue weighted by molar-refractivity contribution is 5.70. The molecule has 0 bridgehead atoms. The van der Waals surface area contributed by atoms with Gasteiger partial charge in [-0.1, -0.05) is 12.1 Å². The van der Waals surface area contributed by atoms with E-state index in [9.17, 15) is 13.6 Å². The van der Waals surface area contributed by atoms with Crippen LogP contribution in [-0.2, 0) is 11.2 Å². The van der Waals surface area contributed by atoms with Crippen molar-refractivity contribution in [2.24, 2.45) is 5.92 Å². The number of carbonyl (C=O) groups is 1. The fourth-order valence-electron chi connectivity index (χ4n) is 1.58. The normalized spacial score (nSPS) is 12.4. The number of carboxylic acids is 1. The van der Waals surface area contributed by atoms with Crippen molar-refractivity contribution >= 4 is 5.97 Å². The van der Waals surface area contributed by atoms with Crippen molar-refractivity contribution in [3.05, 3.63) is 35.6 Å². The molecule has 0 saturated carbocycles. The molecule has 0 amide bonds. The van der Waals surface area contributed by atoms with E-state index in [1.807, 2.05) is 0 Å². The molecule has 0 saturated heterocycles. The first kappa shape index (κ1) is 12.6. The molecule has 16 heavy (non-hydrogen) atoms. The van der Waals surface area contributed by atoms with Crippen molar-refractivity contribution in [1.82, 2.24) is 0 Å². The molecule has 1 rings (SSSR count). The maximum absolute atomic E-state index is 12.9. The first-order valence-corrected chi connectivity index (χ1v) is 5.16. The first-order chi connectivity index (χ1) is 7.63. The van der Waals surface area contributed by atoms with Gasteiger partial charge in [-0.2, -0.15) is 0 Å². The summed E-state index contributed by atoms with van der Waals surface area (Å²) in [5, 5.41) is 8.91. The van der Waals surface area contributed by atoms with Gasteiger partial charge in [0, 0.05) is 0 Å². The third-order valence-corrected chi connectivity index (χ3v) is 2.41. The lowest BCUT2D eigenvalue weighted by atomic mass is 9.95. The molecule has 1 unspecified atom stereocenters. The second kappa shape index (κ2) is 6.20. The molecule has 1 aromatic rings. The molecule has 0 radical (unpaired) electrons. The summed E-state index contributed by atoms with van der Waals surface area (Å²) in [5.41, 5.74) is 0.631. The Labute approximate surface area is 92.9 Å². The van der Waals surface area contributed by atoms with E-state index in [0.717, 1.165) is 0 Å². The molecule has 0 aliphatic heterocycles. The summed E-state index contributed by atoms with van der Waals surface area (Å²) in [5.74, 6) is -1.98. The summed E-state index contributed by atoms with van der Waals surface area (Å²) >= 11 is 0. The van der Waals surface area contributed by atoms with Gasteiger partial charge in [-0.25, -0.2) is 4.39 Å². The summed E-state index contributed by atoms with van der Waals surface area (Å²) in [4.78, 5) is 10.9. The largest absolute Gasteiger partial charge is 0.481 e. The van der Waals surface area contributed by atoms with Crippen molar-refractivity contribution in [1.29, 1.82) is 0 Å². The summed E-state index contributed by atoms with van der Waals surface area (Å²) in [6.45, 7) is -0.521. The van der Waals surface area contributed by atoms with E-state index in [-0.39, 0.29) is 25.1 Å². The summed E-state index contributed by atoms with van der Waals surface area (Å²) in [6, 6.07) is 5.83. The van der Waals surface area contributed by atoms with Gasteiger partial charge in [0.1, 0.15) is 5.82 Å². The van der Waals surface area contributed by atoms with Gasteiger partial charge in [0.15, 0.2) is 0 Å². The Kier molecular flexibility index (Phi) is 4.89. The zero-order valence-electron chi connectivity index (χ0n) is 8.83. The Balaban J connectivity index is 2.64. The van der Waals surface area contributed by atoms with Gasteiger partial charge < -0.3 is 5.11 Å². The number of hydrogen-bond acceptors (Lipinski definition) is 1. The van der Waals surface area contributed by atoms with Crippen LogP contribution in [0.2, 0.25) is 0 Å². The number of aliphatic carboxylic acids is 1. The quantitative estimate of drug-likeness (QED) is 0.812. The second-order valence-electron chi connectivity index (χ2n) is 3.70. The second-order valence-corrected chi connectivity index (χ2v) is 3.70. The van der Waals surface area contributed by atoms with Gasteiger partial charge in [0.05, 0.1) is 12.6 Å². The van der Waals surface area contributed by atoms with Gasteiger partial charge in [-0.3, -0.25) is 9.18 Å². The van der Waals surface area contributed by atoms with Crippen LogP contribution in [0.15, 0.2) is 24.3 Å². The highest BCUT2D eigenvalue weighted by Gasteiger charge is 2.17. The molecule has 1 atom stereocenters. The molecule has 0 aliphatic carbocycles. The van der Waals surface area contributed by atoms with E-state index in [2.05, 4.69) is 0 Å². The Morgan fingerprint density at radius 3 is 2.75 bits per heavy atom. The van der Waals surface area contributed by atoms with Crippen molar-refractivity contribution in [2.45, 2.75) is 19.3 Å². The molecular weight excluding hydrogens is 214 g/mol. The monoisotopic (exact) mass is 228 g/mol. The van der Waals surface area contributed by atoms with E-state index < -0.39 is 18.6 Å². The van der Waals surface area contributed by atoms with Crippen molar-refractivity contribution in [3.8, 4) is 0 Å². The molecule has 0 aromatic heterocycles. The predicted molar refractivity (Wildman–Crippen MR) is 56.4 cm³/mol. The van der Waals surface area contributed by atoms with E-state index in [1.165, 1.54) is 12.1 Å². The molecule has 1 aromatic carbocycles. The van der Waals surface area contributed by atoms with Crippen molar-refractivity contribution in [2.75, 3.05) is 6.67 Å². The fraction of sp³-hybridized carbons (Fsp3) is 0.417. The SMILES string of the molecule is O=C(O)C(CCCF)Cc1cccc(F)c1. The van der Waals surface area contributed by atoms with Gasteiger partial charge in [0.25, 0.3) is 0 Å². The van der Waals surface area contributed by atoms with E-state index in [1.54, 1.807) is 12.1 Å². The van der Waals surface area contributed by atoms with Crippen LogP contribution in [0, 0.1) is 11.7 Å². The lowest BCUT2D eigenvalue weighted by Gasteiger charge is -2.11. The van der Waals surface area contributed by atoms with Crippen LogP contribution in [0.3, 0.4) is 0 Å². The molecule has 0 aliphatic rings. The van der Waals surface area contributed by atoms with Crippen LogP contribution < -0.4 is 0 Å². The Morgan fingerprint density at radius 2 is 2.19 bits per heavy atom. The van der Waals surface area contributed by atoms with Crippen LogP contribution in [0.4, 0.5) is 8.78 Å². The Morgan fingerprint density at radius 1 is 1.44 bits per heavy atom. The molecule has 0 heterocycles. The molecule has 1 N–H and O–H groups in total. The Hall–Kier alpha value is -1.45. The summed E-state index contributed by atoms with van der Waals surface area (Å²) in [6.07, 6.45) is 0.752. The topological polar surface area (TPSA) is 37.3 Å². The molecule has 0 fully saturated rings. The van der Waals surface area contributed by atoms with Crippen molar-refractivity contribution < 1.29 is 18.7 Å². The number of benzene rings is 1. The average molecular weight is 228 g/mol. The maximum Gasteiger partial charge on any atom is 0.306 e. The van der Waals surface area contributed by atoms with Crippen molar-refractivity contribution in [3.63, 3.8) is 0 Å². The Bertz CT molecular complexity index is 353. The molecule has 4 heteroatoms. The third kappa shape index (κ3) is 3.96. The lowest BCUT2D eigenvalue weighted by molar-refractivity contribution is -0.142. The highest BCUT2D eigenvalue weighted by Crippen LogP contribution is 2.15. The highest BCUT2D eigenvalue weighted by atomic mass is 19.1. The van der Waals surface area contributed by atoms with Crippen LogP contribution in [0.25, 0.3) is 0 Å². The number of rotatable bonds is 6. The van der Waals surface area contributed by atoms with E-state index in [0.29, 0.717) is 5.56 Å². The molecule has 2 nitrogen and oxygen atoms in total. The summed E-state index contributed by atoms with van der Waals surface area (Å²) in [7, 11) is 0. The van der Waals surface area contributed by atoms with Crippen LogP contribution in [-0.4, -0.2) is 17.8 Å². The molecule has 88 valence electrons. The minimum absolute atomic E-state index is 0.228. The smallest absolute Gasteiger partial charge is 0.306 e. The third-order valence-electron chi connectivity index (χ3n) is 2.41. The van der Waals surface area contributed by atoms with Crippen LogP contribution in [0.1, 0.15) is 18.4 Å². The number of alkyl halides is 1. The number of hydrogen-bond donors (Lipinski definition) is 1. The van der Waals surface area contributed by atoms with E-state index in [4.69, 9.17) is 5.11 Å². The van der Waals surface area contributed by atoms with Gasteiger partial charge in [0.2, 0.25) is 0 Å². The number of carboxylic acid groups (broad SMARTS) is 1. The van der Waals surface area contributed by atoms with Gasteiger partial charge >= 0.3 is 5.97 Å². The predicted octanol–water partition coefficient (Wildman–Crippen LogP) is 2.82. The zero-order valence-corrected chi connectivity index (χ0v) is 8.83. The minimum Gasteiger partial charge on any atom is -0.481 e. The van der Waals surface area contributed by atoms with E-state index >= 15 is 0 Å². The summed E-state index contributed by atoms with van der Waals surface area (Å²) < 4.78 is 24.8. The van der Waals surface area contributed by atoms with Gasteiger partial charge in [-0.05, 0) is 37.0 Å². The first-order valence-electron chi connectivity index (χ1n) is 5.16. The van der Waals surface area contributed by atoms with Crippen LogP contribution >= 0.6 is 0 Å².